The van der Waals surface area contributed by atoms with Crippen LogP contribution in [0.2, 0.25) is 0 Å². The fourth-order valence-corrected chi connectivity index (χ4v) is 4.18. The van der Waals surface area contributed by atoms with E-state index in [2.05, 4.69) is 6.92 Å². The summed E-state index contributed by atoms with van der Waals surface area (Å²) in [5.74, 6) is -0.108. The summed E-state index contributed by atoms with van der Waals surface area (Å²) in [5.41, 5.74) is 3.77. The van der Waals surface area contributed by atoms with Crippen LogP contribution in [0.5, 0.6) is 5.75 Å². The number of para-hydroxylation sites is 1. The molecule has 0 unspecified atom stereocenters. The third kappa shape index (κ3) is 5.39. The number of benzene rings is 2. The van der Waals surface area contributed by atoms with Gasteiger partial charge < -0.3 is 4.74 Å². The van der Waals surface area contributed by atoms with Gasteiger partial charge in [-0.15, -0.1) is 0 Å². The monoisotopic (exact) mass is 494 g/mol. The van der Waals surface area contributed by atoms with Crippen molar-refractivity contribution in [2.45, 2.75) is 34.1 Å². The van der Waals surface area contributed by atoms with Gasteiger partial charge in [0.25, 0.3) is 11.8 Å². The predicted octanol–water partition coefficient (Wildman–Crippen LogP) is 5.58. The molecule has 7 nitrogen and oxygen atoms in total. The highest BCUT2D eigenvalue weighted by molar-refractivity contribution is 6.19. The standard InChI is InChI=1S/C30H30N4O3/c1-5-15-37-25-13-11-22(12-14-25)28-23(19-34(32-28)24-9-7-6-8-10-24)16-26-21(4)27(17-31)30(36)33(29(26)35)18-20(2)3/h6-14,16,19-20H,5,15,18H2,1-4H3/b26-16+. The highest BCUT2D eigenvalue weighted by atomic mass is 16.5. The molecule has 1 aliphatic rings. The van der Waals surface area contributed by atoms with Crippen LogP contribution in [0.3, 0.4) is 0 Å². The number of carbonyl (C=O) groups excluding carboxylic acids is 2. The quantitative estimate of drug-likeness (QED) is 0.301. The highest BCUT2D eigenvalue weighted by Crippen LogP contribution is 2.32. The second-order valence-electron chi connectivity index (χ2n) is 9.37. The van der Waals surface area contributed by atoms with Crippen molar-refractivity contribution in [3.63, 3.8) is 0 Å². The summed E-state index contributed by atoms with van der Waals surface area (Å²) in [5, 5.41) is 14.5. The molecule has 0 radical (unpaired) electrons. The summed E-state index contributed by atoms with van der Waals surface area (Å²) in [6, 6.07) is 19.4. The number of rotatable bonds is 8. The van der Waals surface area contributed by atoms with Gasteiger partial charge in [-0.1, -0.05) is 39.0 Å². The molecule has 0 spiro atoms. The van der Waals surface area contributed by atoms with Gasteiger partial charge in [0.15, 0.2) is 0 Å². The summed E-state index contributed by atoms with van der Waals surface area (Å²) >= 11 is 0. The molecule has 4 rings (SSSR count). The van der Waals surface area contributed by atoms with Crippen molar-refractivity contribution >= 4 is 17.9 Å². The second-order valence-corrected chi connectivity index (χ2v) is 9.37. The van der Waals surface area contributed by atoms with Crippen molar-refractivity contribution in [1.82, 2.24) is 14.7 Å². The zero-order chi connectivity index (χ0) is 26.5. The molecule has 2 amide bonds. The molecule has 2 aromatic carbocycles. The molecule has 0 aliphatic carbocycles. The Labute approximate surface area is 217 Å². The number of hydrogen-bond donors (Lipinski definition) is 0. The average molecular weight is 495 g/mol. The van der Waals surface area contributed by atoms with Crippen LogP contribution >= 0.6 is 0 Å². The molecule has 0 fully saturated rings. The first-order valence-electron chi connectivity index (χ1n) is 12.4. The Balaban J connectivity index is 1.85. The van der Waals surface area contributed by atoms with Gasteiger partial charge in [0, 0.05) is 29.4 Å². The second kappa shape index (κ2) is 11.1. The molecule has 0 saturated heterocycles. The molecule has 37 heavy (non-hydrogen) atoms. The third-order valence-corrected chi connectivity index (χ3v) is 6.04. The lowest BCUT2D eigenvalue weighted by Crippen LogP contribution is -2.44. The smallest absolute Gasteiger partial charge is 0.271 e. The summed E-state index contributed by atoms with van der Waals surface area (Å²) in [6.07, 6.45) is 4.51. The van der Waals surface area contributed by atoms with Gasteiger partial charge in [0.05, 0.1) is 18.0 Å². The van der Waals surface area contributed by atoms with Gasteiger partial charge in [-0.25, -0.2) is 4.68 Å². The van der Waals surface area contributed by atoms with E-state index in [0.717, 1.165) is 23.4 Å². The van der Waals surface area contributed by atoms with E-state index in [9.17, 15) is 14.9 Å². The van der Waals surface area contributed by atoms with Crippen molar-refractivity contribution in [1.29, 1.82) is 5.26 Å². The molecule has 0 bridgehead atoms. The Hall–Kier alpha value is -4.44. The number of hydrogen-bond acceptors (Lipinski definition) is 5. The van der Waals surface area contributed by atoms with E-state index in [1.165, 1.54) is 4.90 Å². The van der Waals surface area contributed by atoms with Gasteiger partial charge in [-0.3, -0.25) is 14.5 Å². The summed E-state index contributed by atoms with van der Waals surface area (Å²) in [6.45, 7) is 8.44. The van der Waals surface area contributed by atoms with Crippen LogP contribution in [0.25, 0.3) is 23.0 Å². The summed E-state index contributed by atoms with van der Waals surface area (Å²) in [4.78, 5) is 27.5. The van der Waals surface area contributed by atoms with E-state index in [1.54, 1.807) is 17.7 Å². The molecule has 1 aliphatic heterocycles. The molecular weight excluding hydrogens is 464 g/mol. The molecular formula is C30H30N4O3. The van der Waals surface area contributed by atoms with E-state index in [4.69, 9.17) is 9.84 Å². The van der Waals surface area contributed by atoms with Crippen molar-refractivity contribution in [3.05, 3.63) is 83.1 Å². The first kappa shape index (κ1) is 25.6. The van der Waals surface area contributed by atoms with Crippen LogP contribution in [0.1, 0.15) is 39.7 Å². The lowest BCUT2D eigenvalue weighted by atomic mass is 9.92. The van der Waals surface area contributed by atoms with Crippen LogP contribution in [-0.2, 0) is 9.59 Å². The Kier molecular flexibility index (Phi) is 7.69. The van der Waals surface area contributed by atoms with Crippen molar-refractivity contribution in [2.24, 2.45) is 5.92 Å². The molecule has 3 aromatic rings. The molecule has 1 aromatic heterocycles. The number of nitriles is 1. The van der Waals surface area contributed by atoms with Gasteiger partial charge in [0.2, 0.25) is 0 Å². The zero-order valence-electron chi connectivity index (χ0n) is 21.6. The fourth-order valence-electron chi connectivity index (χ4n) is 4.18. The van der Waals surface area contributed by atoms with Crippen molar-refractivity contribution < 1.29 is 14.3 Å². The molecule has 0 N–H and O–H groups in total. The number of ether oxygens (including phenoxy) is 1. The minimum Gasteiger partial charge on any atom is -0.494 e. The lowest BCUT2D eigenvalue weighted by molar-refractivity contribution is -0.141. The maximum atomic E-state index is 13.5. The first-order valence-corrected chi connectivity index (χ1v) is 12.4. The van der Waals surface area contributed by atoms with Crippen LogP contribution in [0.4, 0.5) is 0 Å². The van der Waals surface area contributed by atoms with E-state index in [0.29, 0.717) is 29.0 Å². The first-order chi connectivity index (χ1) is 17.8. The third-order valence-electron chi connectivity index (χ3n) is 6.04. The molecule has 188 valence electrons. The van der Waals surface area contributed by atoms with E-state index in [-0.39, 0.29) is 18.0 Å². The van der Waals surface area contributed by atoms with Gasteiger partial charge in [-0.2, -0.15) is 10.4 Å². The molecule has 2 heterocycles. The maximum Gasteiger partial charge on any atom is 0.271 e. The SMILES string of the molecule is CCCOc1ccc(-c2nn(-c3ccccc3)cc2/C=C2/C(=O)N(CC(C)C)C(=O)C(C#N)=C2C)cc1. The fraction of sp³-hybridized carbons (Fsp3) is 0.267. The van der Waals surface area contributed by atoms with Crippen LogP contribution in [0, 0.1) is 17.2 Å². The number of amides is 2. The van der Waals surface area contributed by atoms with Crippen LogP contribution in [0.15, 0.2) is 77.5 Å². The number of imide groups is 1. The predicted molar refractivity (Wildman–Crippen MR) is 143 cm³/mol. The lowest BCUT2D eigenvalue weighted by Gasteiger charge is -2.28. The van der Waals surface area contributed by atoms with Gasteiger partial charge in [0.1, 0.15) is 17.4 Å². The van der Waals surface area contributed by atoms with E-state index >= 15 is 0 Å². The summed E-state index contributed by atoms with van der Waals surface area (Å²) < 4.78 is 7.48. The minimum atomic E-state index is -0.543. The Morgan fingerprint density at radius 2 is 1.76 bits per heavy atom. The zero-order valence-corrected chi connectivity index (χ0v) is 21.6. The average Bonchev–Trinajstić information content (AvgIpc) is 3.33. The highest BCUT2D eigenvalue weighted by Gasteiger charge is 2.35. The molecule has 7 heteroatoms. The van der Waals surface area contributed by atoms with Crippen LogP contribution in [-0.4, -0.2) is 39.6 Å². The number of nitrogens with zero attached hydrogens (tertiary/aromatic N) is 4. The number of carbonyl (C=O) groups is 2. The molecule has 0 atom stereocenters. The Morgan fingerprint density at radius 3 is 2.38 bits per heavy atom. The summed E-state index contributed by atoms with van der Waals surface area (Å²) in [7, 11) is 0. The topological polar surface area (TPSA) is 88.2 Å². The molecule has 0 saturated carbocycles. The Morgan fingerprint density at radius 1 is 1.05 bits per heavy atom. The Bertz CT molecular complexity index is 1410. The van der Waals surface area contributed by atoms with Crippen LogP contribution < -0.4 is 4.74 Å². The largest absolute Gasteiger partial charge is 0.494 e. The van der Waals surface area contributed by atoms with E-state index < -0.39 is 11.8 Å². The van der Waals surface area contributed by atoms with Crippen molar-refractivity contribution in [3.8, 4) is 28.8 Å². The van der Waals surface area contributed by atoms with Gasteiger partial charge in [-0.05, 0) is 67.3 Å². The minimum absolute atomic E-state index is 0.0130. The van der Waals surface area contributed by atoms with Gasteiger partial charge >= 0.3 is 0 Å². The van der Waals surface area contributed by atoms with E-state index in [1.807, 2.05) is 80.7 Å². The normalized spacial score (nSPS) is 15.0. The number of aromatic nitrogens is 2. The maximum absolute atomic E-state index is 13.5. The van der Waals surface area contributed by atoms with Crippen molar-refractivity contribution in [2.75, 3.05) is 13.2 Å².